The lowest BCUT2D eigenvalue weighted by Crippen LogP contribution is -2.23. The van der Waals surface area contributed by atoms with Crippen LogP contribution in [0.5, 0.6) is 5.88 Å². The van der Waals surface area contributed by atoms with E-state index >= 15 is 0 Å². The maximum atomic E-state index is 14.5. The Morgan fingerprint density at radius 3 is 2.63 bits per heavy atom. The Morgan fingerprint density at radius 1 is 1.26 bits per heavy atom. The minimum atomic E-state index is -0.675. The van der Waals surface area contributed by atoms with E-state index in [1.165, 1.54) is 31.6 Å². The number of anilines is 1. The van der Waals surface area contributed by atoms with Gasteiger partial charge in [0, 0.05) is 17.5 Å². The van der Waals surface area contributed by atoms with Crippen molar-refractivity contribution < 1.29 is 19.0 Å². The second-order valence-corrected chi connectivity index (χ2v) is 7.00. The number of nitrogens with zero attached hydrogens (tertiary/aromatic N) is 2. The minimum absolute atomic E-state index is 0.122. The fourth-order valence-electron chi connectivity index (χ4n) is 3.38. The highest BCUT2D eigenvalue weighted by Gasteiger charge is 2.33. The van der Waals surface area contributed by atoms with Crippen molar-refractivity contribution in [2.75, 3.05) is 12.4 Å². The first-order valence-electron chi connectivity index (χ1n) is 8.72. The van der Waals surface area contributed by atoms with Gasteiger partial charge in [-0.1, -0.05) is 13.8 Å². The highest BCUT2D eigenvalue weighted by molar-refractivity contribution is 6.02. The zero-order valence-electron chi connectivity index (χ0n) is 15.5. The third-order valence-corrected chi connectivity index (χ3v) is 4.91. The molecular weight excluding hydrogens is 349 g/mol. The average Bonchev–Trinajstić information content (AvgIpc) is 3.10. The van der Waals surface area contributed by atoms with E-state index < -0.39 is 11.3 Å². The van der Waals surface area contributed by atoms with Gasteiger partial charge >= 0.3 is 0 Å². The molecule has 1 aliphatic rings. The molecule has 142 valence electrons. The Bertz CT molecular complexity index is 892. The van der Waals surface area contributed by atoms with Crippen molar-refractivity contribution in [3.63, 3.8) is 0 Å². The minimum Gasteiger partial charge on any atom is -0.512 e. The van der Waals surface area contributed by atoms with Gasteiger partial charge in [-0.05, 0) is 42.2 Å². The van der Waals surface area contributed by atoms with Gasteiger partial charge in [-0.25, -0.2) is 14.4 Å². The van der Waals surface area contributed by atoms with Crippen LogP contribution in [0.2, 0.25) is 0 Å². The van der Waals surface area contributed by atoms with Gasteiger partial charge < -0.3 is 15.2 Å². The van der Waals surface area contributed by atoms with E-state index in [-0.39, 0.29) is 11.5 Å². The van der Waals surface area contributed by atoms with Crippen LogP contribution in [0, 0.1) is 5.82 Å². The summed E-state index contributed by atoms with van der Waals surface area (Å²) >= 11 is 0. The van der Waals surface area contributed by atoms with Gasteiger partial charge in [0.25, 0.3) is 5.91 Å². The molecule has 7 heteroatoms. The fourth-order valence-corrected chi connectivity index (χ4v) is 3.38. The number of aliphatic hydroxyl groups is 1. The summed E-state index contributed by atoms with van der Waals surface area (Å²) in [6.07, 6.45) is 4.87. The van der Waals surface area contributed by atoms with Crippen molar-refractivity contribution in [3.05, 3.63) is 59.0 Å². The molecule has 0 atom stereocenters. The zero-order valence-corrected chi connectivity index (χ0v) is 15.5. The molecule has 0 bridgehead atoms. The molecule has 1 heterocycles. The Kier molecular flexibility index (Phi) is 5.12. The second-order valence-electron chi connectivity index (χ2n) is 7.00. The summed E-state index contributed by atoms with van der Waals surface area (Å²) in [6.45, 7) is 3.76. The van der Waals surface area contributed by atoms with Crippen LogP contribution in [0.3, 0.4) is 0 Å². The molecule has 3 rings (SSSR count). The Balaban J connectivity index is 1.86. The number of methoxy groups -OCH3 is 1. The van der Waals surface area contributed by atoms with E-state index in [0.717, 1.165) is 18.4 Å². The summed E-state index contributed by atoms with van der Waals surface area (Å²) < 4.78 is 19.5. The number of aliphatic hydroxyl groups excluding tert-OH is 1. The lowest BCUT2D eigenvalue weighted by Gasteiger charge is -2.28. The number of ether oxygens (including phenoxy) is 1. The van der Waals surface area contributed by atoms with Crippen LogP contribution >= 0.6 is 0 Å². The molecule has 0 spiro atoms. The third kappa shape index (κ3) is 3.77. The molecular formula is C20H22FN3O3. The van der Waals surface area contributed by atoms with Crippen LogP contribution in [0.25, 0.3) is 0 Å². The lowest BCUT2D eigenvalue weighted by atomic mass is 9.76. The molecule has 1 aromatic carbocycles. The van der Waals surface area contributed by atoms with Crippen LogP contribution in [0.1, 0.15) is 49.2 Å². The van der Waals surface area contributed by atoms with E-state index in [0.29, 0.717) is 29.3 Å². The number of carbonyl (C=O) groups excluding carboxylic acids is 1. The number of halogens is 1. The van der Waals surface area contributed by atoms with Crippen molar-refractivity contribution in [2.45, 2.75) is 38.5 Å². The fraction of sp³-hybridized carbons (Fsp3) is 0.350. The van der Waals surface area contributed by atoms with Crippen molar-refractivity contribution in [3.8, 4) is 5.88 Å². The van der Waals surface area contributed by atoms with E-state index in [4.69, 9.17) is 4.74 Å². The number of allylic oxidation sites excluding steroid dienone is 2. The first-order chi connectivity index (χ1) is 12.8. The van der Waals surface area contributed by atoms with Crippen LogP contribution in [-0.4, -0.2) is 28.1 Å². The largest absolute Gasteiger partial charge is 0.512 e. The molecule has 6 nitrogen and oxygen atoms in total. The Labute approximate surface area is 157 Å². The molecule has 1 aliphatic carbocycles. The standard InChI is InChI=1S/C20H22FN3O3/c1-20(2,13-5-4-6-17(13)25)14-9-12(7-8-15(14)21)24-19(26)16-10-23-18(27-3)11-22-16/h7-11,25H,4-6H2,1-3H3,(H,24,26). The quantitative estimate of drug-likeness (QED) is 0.825. The van der Waals surface area contributed by atoms with Gasteiger partial charge in [-0.15, -0.1) is 0 Å². The summed E-state index contributed by atoms with van der Waals surface area (Å²) in [6, 6.07) is 4.41. The number of rotatable bonds is 5. The molecule has 2 aromatic rings. The van der Waals surface area contributed by atoms with E-state index in [1.54, 1.807) is 6.07 Å². The highest BCUT2D eigenvalue weighted by Crippen LogP contribution is 2.42. The van der Waals surface area contributed by atoms with Crippen molar-refractivity contribution >= 4 is 11.6 Å². The molecule has 0 aliphatic heterocycles. The molecule has 0 fully saturated rings. The van der Waals surface area contributed by atoms with Gasteiger partial charge in [0.2, 0.25) is 5.88 Å². The van der Waals surface area contributed by atoms with Crippen LogP contribution in [0.15, 0.2) is 41.9 Å². The first kappa shape index (κ1) is 18.8. The summed E-state index contributed by atoms with van der Waals surface area (Å²) in [4.78, 5) is 20.3. The molecule has 0 saturated heterocycles. The van der Waals surface area contributed by atoms with Crippen molar-refractivity contribution in [1.29, 1.82) is 0 Å². The van der Waals surface area contributed by atoms with Crippen molar-refractivity contribution in [1.82, 2.24) is 9.97 Å². The third-order valence-electron chi connectivity index (χ3n) is 4.91. The number of hydrogen-bond donors (Lipinski definition) is 2. The van der Waals surface area contributed by atoms with Crippen LogP contribution in [-0.2, 0) is 5.41 Å². The van der Waals surface area contributed by atoms with Gasteiger partial charge in [0.15, 0.2) is 0 Å². The average molecular weight is 371 g/mol. The summed E-state index contributed by atoms with van der Waals surface area (Å²) in [5, 5.41) is 12.9. The maximum Gasteiger partial charge on any atom is 0.275 e. The van der Waals surface area contributed by atoms with E-state index in [2.05, 4.69) is 15.3 Å². The summed E-state index contributed by atoms with van der Waals surface area (Å²) in [5.74, 6) is -0.192. The molecule has 0 unspecified atom stereocenters. The Hall–Kier alpha value is -2.96. The molecule has 0 saturated carbocycles. The molecule has 27 heavy (non-hydrogen) atoms. The van der Waals surface area contributed by atoms with E-state index in [1.807, 2.05) is 13.8 Å². The Morgan fingerprint density at radius 2 is 2.04 bits per heavy atom. The molecule has 1 amide bonds. The molecule has 2 N–H and O–H groups in total. The summed E-state index contributed by atoms with van der Waals surface area (Å²) in [7, 11) is 1.46. The summed E-state index contributed by atoms with van der Waals surface area (Å²) in [5.41, 5.74) is 1.15. The van der Waals surface area contributed by atoms with Gasteiger partial charge in [-0.2, -0.15) is 0 Å². The predicted octanol–water partition coefficient (Wildman–Crippen LogP) is 4.15. The smallest absolute Gasteiger partial charge is 0.275 e. The predicted molar refractivity (Wildman–Crippen MR) is 99.5 cm³/mol. The number of hydrogen-bond acceptors (Lipinski definition) is 5. The van der Waals surface area contributed by atoms with Crippen molar-refractivity contribution in [2.24, 2.45) is 0 Å². The topological polar surface area (TPSA) is 84.3 Å². The van der Waals surface area contributed by atoms with Crippen LogP contribution < -0.4 is 10.1 Å². The van der Waals surface area contributed by atoms with Gasteiger partial charge in [0.05, 0.1) is 25.3 Å². The molecule has 1 aromatic heterocycles. The first-order valence-corrected chi connectivity index (χ1v) is 8.72. The van der Waals surface area contributed by atoms with Crippen LogP contribution in [0.4, 0.5) is 10.1 Å². The highest BCUT2D eigenvalue weighted by atomic mass is 19.1. The number of aromatic nitrogens is 2. The number of benzene rings is 1. The lowest BCUT2D eigenvalue weighted by molar-refractivity contribution is 0.102. The zero-order chi connectivity index (χ0) is 19.6. The van der Waals surface area contributed by atoms with Gasteiger partial charge in [0.1, 0.15) is 11.5 Å². The monoisotopic (exact) mass is 371 g/mol. The van der Waals surface area contributed by atoms with Gasteiger partial charge in [-0.3, -0.25) is 4.79 Å². The second kappa shape index (κ2) is 7.34. The number of carbonyl (C=O) groups is 1. The molecule has 0 radical (unpaired) electrons. The maximum absolute atomic E-state index is 14.5. The number of amides is 1. The normalized spacial score (nSPS) is 14.4. The number of nitrogens with one attached hydrogen (secondary N) is 1. The van der Waals surface area contributed by atoms with E-state index in [9.17, 15) is 14.3 Å². The SMILES string of the molecule is COc1cnc(C(=O)Nc2ccc(F)c(C(C)(C)C3=C(O)CCC3)c2)cn1.